The summed E-state index contributed by atoms with van der Waals surface area (Å²) in [6.45, 7) is 1.92. The molecule has 1 N–H and O–H groups in total. The molecule has 1 aliphatic rings. The molecule has 0 bridgehead atoms. The Morgan fingerprint density at radius 2 is 2.08 bits per heavy atom. The molecule has 0 aliphatic heterocycles. The van der Waals surface area contributed by atoms with Gasteiger partial charge in [0.2, 0.25) is 0 Å². The standard InChI is InChI=1S/C9H12N2O/c1-7-8(11-5-4-10-7)6-9(12)2-3-9/h4-5,12H,2-3,6H2,1H3. The van der Waals surface area contributed by atoms with Crippen molar-refractivity contribution in [3.05, 3.63) is 23.8 Å². The van der Waals surface area contributed by atoms with Gasteiger partial charge in [0, 0.05) is 18.8 Å². The summed E-state index contributed by atoms with van der Waals surface area (Å²) in [6.07, 6.45) is 5.82. The van der Waals surface area contributed by atoms with Crippen molar-refractivity contribution >= 4 is 0 Å². The van der Waals surface area contributed by atoms with E-state index in [2.05, 4.69) is 9.97 Å². The first-order chi connectivity index (χ1) is 5.70. The van der Waals surface area contributed by atoms with Crippen molar-refractivity contribution in [3.63, 3.8) is 0 Å². The minimum Gasteiger partial charge on any atom is -0.389 e. The van der Waals surface area contributed by atoms with Gasteiger partial charge in [-0.25, -0.2) is 0 Å². The fourth-order valence-electron chi connectivity index (χ4n) is 1.24. The molecule has 1 aliphatic carbocycles. The average molecular weight is 164 g/mol. The SMILES string of the molecule is Cc1nccnc1CC1(O)CC1. The van der Waals surface area contributed by atoms with Gasteiger partial charge < -0.3 is 5.11 Å². The van der Waals surface area contributed by atoms with Crippen LogP contribution in [0.4, 0.5) is 0 Å². The quantitative estimate of drug-likeness (QED) is 0.705. The minimum atomic E-state index is -0.458. The normalized spacial score (nSPS) is 19.2. The smallest absolute Gasteiger partial charge is 0.0705 e. The summed E-state index contributed by atoms with van der Waals surface area (Å²) < 4.78 is 0. The molecule has 3 heteroatoms. The van der Waals surface area contributed by atoms with Gasteiger partial charge in [0.1, 0.15) is 0 Å². The third kappa shape index (κ3) is 1.46. The lowest BCUT2D eigenvalue weighted by Crippen LogP contribution is -2.13. The van der Waals surface area contributed by atoms with Crippen LogP contribution in [0, 0.1) is 6.92 Å². The topological polar surface area (TPSA) is 46.0 Å². The first kappa shape index (κ1) is 7.68. The highest BCUT2D eigenvalue weighted by atomic mass is 16.3. The second kappa shape index (κ2) is 2.52. The highest BCUT2D eigenvalue weighted by Gasteiger charge is 2.40. The summed E-state index contributed by atoms with van der Waals surface area (Å²) >= 11 is 0. The molecule has 0 amide bonds. The largest absolute Gasteiger partial charge is 0.389 e. The summed E-state index contributed by atoms with van der Waals surface area (Å²) in [5.74, 6) is 0. The summed E-state index contributed by atoms with van der Waals surface area (Å²) in [7, 11) is 0. The van der Waals surface area contributed by atoms with E-state index in [4.69, 9.17) is 0 Å². The van der Waals surface area contributed by atoms with E-state index in [0.717, 1.165) is 24.2 Å². The van der Waals surface area contributed by atoms with Gasteiger partial charge in [-0.15, -0.1) is 0 Å². The predicted octanol–water partition coefficient (Wildman–Crippen LogP) is 0.852. The Bertz CT molecular complexity index is 294. The molecule has 0 spiro atoms. The highest BCUT2D eigenvalue weighted by Crippen LogP contribution is 2.37. The van der Waals surface area contributed by atoms with Crippen LogP contribution in [0.25, 0.3) is 0 Å². The van der Waals surface area contributed by atoms with Gasteiger partial charge in [0.15, 0.2) is 0 Å². The van der Waals surface area contributed by atoms with Crippen LogP contribution in [0.1, 0.15) is 24.2 Å². The van der Waals surface area contributed by atoms with Crippen molar-refractivity contribution < 1.29 is 5.11 Å². The van der Waals surface area contributed by atoms with E-state index in [-0.39, 0.29) is 0 Å². The molecule has 0 atom stereocenters. The van der Waals surface area contributed by atoms with Crippen molar-refractivity contribution in [2.75, 3.05) is 0 Å². The Hall–Kier alpha value is -0.960. The Kier molecular flexibility index (Phi) is 1.61. The highest BCUT2D eigenvalue weighted by molar-refractivity contribution is 5.14. The Morgan fingerprint density at radius 1 is 1.42 bits per heavy atom. The van der Waals surface area contributed by atoms with Crippen LogP contribution < -0.4 is 0 Å². The van der Waals surface area contributed by atoms with Crippen molar-refractivity contribution in [3.8, 4) is 0 Å². The van der Waals surface area contributed by atoms with E-state index in [1.165, 1.54) is 0 Å². The van der Waals surface area contributed by atoms with Crippen LogP contribution in [0.5, 0.6) is 0 Å². The van der Waals surface area contributed by atoms with Crippen LogP contribution in [-0.2, 0) is 6.42 Å². The third-order valence-electron chi connectivity index (χ3n) is 2.31. The number of aromatic nitrogens is 2. The van der Waals surface area contributed by atoms with E-state index < -0.39 is 5.60 Å². The van der Waals surface area contributed by atoms with Crippen LogP contribution in [0.2, 0.25) is 0 Å². The van der Waals surface area contributed by atoms with E-state index in [1.54, 1.807) is 12.4 Å². The molecule has 64 valence electrons. The van der Waals surface area contributed by atoms with E-state index >= 15 is 0 Å². The maximum Gasteiger partial charge on any atom is 0.0705 e. The molecule has 1 fully saturated rings. The van der Waals surface area contributed by atoms with Crippen LogP contribution in [0.3, 0.4) is 0 Å². The molecule has 1 heterocycles. The van der Waals surface area contributed by atoms with Crippen LogP contribution >= 0.6 is 0 Å². The monoisotopic (exact) mass is 164 g/mol. The maximum atomic E-state index is 9.64. The molecule has 0 radical (unpaired) electrons. The molecule has 12 heavy (non-hydrogen) atoms. The second-order valence-electron chi connectivity index (χ2n) is 3.49. The van der Waals surface area contributed by atoms with Crippen molar-refractivity contribution in [1.82, 2.24) is 9.97 Å². The van der Waals surface area contributed by atoms with Gasteiger partial charge in [0.05, 0.1) is 17.0 Å². The van der Waals surface area contributed by atoms with Gasteiger partial charge in [-0.1, -0.05) is 0 Å². The van der Waals surface area contributed by atoms with E-state index in [1.807, 2.05) is 6.92 Å². The molecule has 1 aromatic rings. The fourth-order valence-corrected chi connectivity index (χ4v) is 1.24. The number of hydrogen-bond donors (Lipinski definition) is 1. The molecule has 0 unspecified atom stereocenters. The Balaban J connectivity index is 2.17. The molecule has 1 aromatic heterocycles. The number of aliphatic hydroxyl groups is 1. The molecular formula is C9H12N2O. The minimum absolute atomic E-state index is 0.458. The zero-order chi connectivity index (χ0) is 8.60. The van der Waals surface area contributed by atoms with Crippen molar-refractivity contribution in [1.29, 1.82) is 0 Å². The molecule has 2 rings (SSSR count). The summed E-state index contributed by atoms with van der Waals surface area (Å²) in [6, 6.07) is 0. The Labute approximate surface area is 71.5 Å². The van der Waals surface area contributed by atoms with Crippen LogP contribution in [0.15, 0.2) is 12.4 Å². The van der Waals surface area contributed by atoms with Crippen molar-refractivity contribution in [2.45, 2.75) is 31.8 Å². The lowest BCUT2D eigenvalue weighted by molar-refractivity contribution is 0.149. The predicted molar refractivity (Wildman–Crippen MR) is 44.7 cm³/mol. The molecule has 3 nitrogen and oxygen atoms in total. The Morgan fingerprint density at radius 3 is 2.67 bits per heavy atom. The first-order valence-corrected chi connectivity index (χ1v) is 4.18. The molecular weight excluding hydrogens is 152 g/mol. The number of aryl methyl sites for hydroxylation is 1. The van der Waals surface area contributed by atoms with E-state index in [0.29, 0.717) is 6.42 Å². The zero-order valence-electron chi connectivity index (χ0n) is 7.12. The zero-order valence-corrected chi connectivity index (χ0v) is 7.12. The van der Waals surface area contributed by atoms with Gasteiger partial charge in [-0.05, 0) is 19.8 Å². The average Bonchev–Trinajstić information content (AvgIpc) is 2.74. The summed E-state index contributed by atoms with van der Waals surface area (Å²) in [5.41, 5.74) is 1.40. The van der Waals surface area contributed by atoms with Gasteiger partial charge in [-0.2, -0.15) is 0 Å². The first-order valence-electron chi connectivity index (χ1n) is 4.18. The number of rotatable bonds is 2. The molecule has 0 saturated heterocycles. The summed E-state index contributed by atoms with van der Waals surface area (Å²) in [5, 5.41) is 9.64. The summed E-state index contributed by atoms with van der Waals surface area (Å²) in [4.78, 5) is 8.30. The number of hydrogen-bond acceptors (Lipinski definition) is 3. The molecule has 0 aromatic carbocycles. The fraction of sp³-hybridized carbons (Fsp3) is 0.556. The van der Waals surface area contributed by atoms with Crippen LogP contribution in [-0.4, -0.2) is 20.7 Å². The van der Waals surface area contributed by atoms with Gasteiger partial charge >= 0.3 is 0 Å². The number of nitrogens with zero attached hydrogens (tertiary/aromatic N) is 2. The molecule has 1 saturated carbocycles. The van der Waals surface area contributed by atoms with Gasteiger partial charge in [0.25, 0.3) is 0 Å². The van der Waals surface area contributed by atoms with E-state index in [9.17, 15) is 5.11 Å². The van der Waals surface area contributed by atoms with Gasteiger partial charge in [-0.3, -0.25) is 9.97 Å². The lowest BCUT2D eigenvalue weighted by Gasteiger charge is -2.07. The third-order valence-corrected chi connectivity index (χ3v) is 2.31. The second-order valence-corrected chi connectivity index (χ2v) is 3.49. The van der Waals surface area contributed by atoms with Crippen molar-refractivity contribution in [2.24, 2.45) is 0 Å². The lowest BCUT2D eigenvalue weighted by atomic mass is 10.1. The maximum absolute atomic E-state index is 9.64.